The first-order valence-electron chi connectivity index (χ1n) is 19.4. The number of unbranched alkanes of at least 4 members (excludes halogenated alkanes) is 17. The molecule has 0 aromatic rings. The number of ether oxygens (including phenoxy) is 2. The summed E-state index contributed by atoms with van der Waals surface area (Å²) in [6.45, 7) is 3.53. The normalized spacial score (nSPS) is 13.0. The molecule has 0 aliphatic carbocycles. The molecule has 0 spiro atoms. The number of carbonyl (C=O) groups is 2. The molecular weight excluding hydrogens is 639 g/mol. The first-order chi connectivity index (χ1) is 23.8. The Kier molecular flexibility index (Phi) is 34.4. The number of rotatable bonds is 35. The van der Waals surface area contributed by atoms with E-state index in [0.29, 0.717) is 12.8 Å². The van der Waals surface area contributed by atoms with Crippen molar-refractivity contribution in [2.75, 3.05) is 13.2 Å². The van der Waals surface area contributed by atoms with Gasteiger partial charge in [0.15, 0.2) is 6.10 Å². The van der Waals surface area contributed by atoms with Crippen LogP contribution in [0.3, 0.4) is 0 Å². The molecule has 0 amide bonds. The van der Waals surface area contributed by atoms with Gasteiger partial charge in [0.2, 0.25) is 0 Å². The van der Waals surface area contributed by atoms with Crippen LogP contribution in [0.25, 0.3) is 0 Å². The Labute approximate surface area is 299 Å². The quantitative estimate of drug-likeness (QED) is 0.0289. The monoisotopic (exact) mass is 710 g/mol. The minimum Gasteiger partial charge on any atom is -0.462 e. The maximum atomic E-state index is 12.3. The van der Waals surface area contributed by atoms with E-state index in [0.717, 1.165) is 64.2 Å². The molecule has 1 atom stereocenters. The number of phosphoric ester groups is 1. The molecule has 8 nitrogen and oxygen atoms in total. The molecule has 0 aliphatic heterocycles. The van der Waals surface area contributed by atoms with E-state index in [1.807, 2.05) is 0 Å². The summed E-state index contributed by atoms with van der Waals surface area (Å²) in [6.07, 6.45) is 42.7. The maximum Gasteiger partial charge on any atom is 0.469 e. The zero-order valence-electron chi connectivity index (χ0n) is 31.1. The van der Waals surface area contributed by atoms with Crippen molar-refractivity contribution in [2.45, 2.75) is 180 Å². The number of hydrogen-bond donors (Lipinski definition) is 2. The van der Waals surface area contributed by atoms with E-state index in [9.17, 15) is 14.2 Å². The number of allylic oxidation sites excluding steroid dienone is 8. The highest BCUT2D eigenvalue weighted by Crippen LogP contribution is 2.36. The van der Waals surface area contributed by atoms with Crippen LogP contribution in [0.5, 0.6) is 0 Å². The Morgan fingerprint density at radius 2 is 0.980 bits per heavy atom. The van der Waals surface area contributed by atoms with Crippen molar-refractivity contribution < 1.29 is 37.9 Å². The zero-order chi connectivity index (χ0) is 36.1. The second-order valence-electron chi connectivity index (χ2n) is 12.9. The van der Waals surface area contributed by atoms with Crippen LogP contribution in [0.2, 0.25) is 0 Å². The van der Waals surface area contributed by atoms with Gasteiger partial charge in [0.1, 0.15) is 6.61 Å². The molecule has 0 fully saturated rings. The molecular formula is C40H71O8P. The van der Waals surface area contributed by atoms with E-state index in [4.69, 9.17) is 19.3 Å². The molecule has 0 bridgehead atoms. The molecule has 0 saturated heterocycles. The van der Waals surface area contributed by atoms with Gasteiger partial charge in [-0.05, 0) is 70.6 Å². The molecule has 0 aromatic carbocycles. The highest BCUT2D eigenvalue weighted by atomic mass is 31.2. The van der Waals surface area contributed by atoms with Gasteiger partial charge in [0, 0.05) is 12.8 Å². The Balaban J connectivity index is 3.97. The largest absolute Gasteiger partial charge is 0.469 e. The number of hydrogen-bond acceptors (Lipinski definition) is 6. The molecule has 2 N–H and O–H groups in total. The summed E-state index contributed by atoms with van der Waals surface area (Å²) in [5.74, 6) is -0.926. The predicted octanol–water partition coefficient (Wildman–Crippen LogP) is 11.6. The minimum absolute atomic E-state index is 0.175. The van der Waals surface area contributed by atoms with Crippen LogP contribution in [0, 0.1) is 0 Å². The lowest BCUT2D eigenvalue weighted by molar-refractivity contribution is -0.161. The molecule has 0 heterocycles. The standard InChI is InChI=1S/C40H71O8P/c1-3-5-7-9-11-13-15-17-18-19-20-21-23-24-26-28-30-32-34-39(41)46-36-38(37-47-49(43,44)45)48-40(42)35-33-31-29-27-25-22-16-14-12-10-8-6-4-2/h6,8,12,14,18-19,22,25,38H,3-5,7,9-11,13,15-17,20-21,23-24,26-37H2,1-2H3,(H2,43,44,45)/b8-6-,14-12-,19-18-,25-22-. The Hall–Kier alpha value is -1.99. The molecule has 0 saturated carbocycles. The van der Waals surface area contributed by atoms with E-state index in [1.165, 1.54) is 70.6 Å². The molecule has 49 heavy (non-hydrogen) atoms. The van der Waals surface area contributed by atoms with Crippen molar-refractivity contribution in [1.29, 1.82) is 0 Å². The molecule has 0 rings (SSSR count). The van der Waals surface area contributed by atoms with Gasteiger partial charge in [0.05, 0.1) is 6.61 Å². The fraction of sp³-hybridized carbons (Fsp3) is 0.750. The number of esters is 2. The van der Waals surface area contributed by atoms with Crippen molar-refractivity contribution in [3.05, 3.63) is 48.6 Å². The van der Waals surface area contributed by atoms with Crippen molar-refractivity contribution in [3.63, 3.8) is 0 Å². The highest BCUT2D eigenvalue weighted by Gasteiger charge is 2.22. The summed E-state index contributed by atoms with van der Waals surface area (Å²) in [6, 6.07) is 0. The van der Waals surface area contributed by atoms with Gasteiger partial charge < -0.3 is 19.3 Å². The van der Waals surface area contributed by atoms with Crippen LogP contribution in [0.15, 0.2) is 48.6 Å². The van der Waals surface area contributed by atoms with Crippen LogP contribution in [0.4, 0.5) is 0 Å². The van der Waals surface area contributed by atoms with E-state index in [-0.39, 0.29) is 19.4 Å². The molecule has 1 unspecified atom stereocenters. The van der Waals surface area contributed by atoms with Gasteiger partial charge in [-0.3, -0.25) is 14.1 Å². The lowest BCUT2D eigenvalue weighted by Gasteiger charge is -2.18. The topological polar surface area (TPSA) is 119 Å². The summed E-state index contributed by atoms with van der Waals surface area (Å²) in [7, 11) is -4.76. The summed E-state index contributed by atoms with van der Waals surface area (Å²) < 4.78 is 26.3. The lowest BCUT2D eigenvalue weighted by atomic mass is 10.1. The Bertz CT molecular complexity index is 937. The first kappa shape index (κ1) is 47.0. The third kappa shape index (κ3) is 38.7. The predicted molar refractivity (Wildman–Crippen MR) is 202 cm³/mol. The molecule has 284 valence electrons. The smallest absolute Gasteiger partial charge is 0.462 e. The van der Waals surface area contributed by atoms with Crippen LogP contribution >= 0.6 is 7.82 Å². The second kappa shape index (κ2) is 35.8. The van der Waals surface area contributed by atoms with Gasteiger partial charge in [-0.1, -0.05) is 140 Å². The van der Waals surface area contributed by atoms with Crippen molar-refractivity contribution in [1.82, 2.24) is 0 Å². The summed E-state index contributed by atoms with van der Waals surface area (Å²) >= 11 is 0. The molecule has 0 radical (unpaired) electrons. The summed E-state index contributed by atoms with van der Waals surface area (Å²) in [4.78, 5) is 42.7. The number of carbonyl (C=O) groups excluding carboxylic acids is 2. The van der Waals surface area contributed by atoms with Crippen LogP contribution in [-0.2, 0) is 28.2 Å². The van der Waals surface area contributed by atoms with Gasteiger partial charge in [-0.15, -0.1) is 0 Å². The third-order valence-electron chi connectivity index (χ3n) is 8.08. The highest BCUT2D eigenvalue weighted by molar-refractivity contribution is 7.46. The second-order valence-corrected chi connectivity index (χ2v) is 14.1. The van der Waals surface area contributed by atoms with Crippen molar-refractivity contribution >= 4 is 19.8 Å². The van der Waals surface area contributed by atoms with Crippen LogP contribution in [0.1, 0.15) is 174 Å². The van der Waals surface area contributed by atoms with Gasteiger partial charge in [-0.25, -0.2) is 4.57 Å². The minimum atomic E-state index is -4.76. The Morgan fingerprint density at radius 3 is 1.51 bits per heavy atom. The van der Waals surface area contributed by atoms with Crippen LogP contribution < -0.4 is 0 Å². The van der Waals surface area contributed by atoms with Gasteiger partial charge in [0.25, 0.3) is 0 Å². The Morgan fingerprint density at radius 1 is 0.551 bits per heavy atom. The molecule has 0 aromatic heterocycles. The first-order valence-corrected chi connectivity index (χ1v) is 21.0. The summed E-state index contributed by atoms with van der Waals surface area (Å²) in [5, 5.41) is 0. The van der Waals surface area contributed by atoms with Crippen LogP contribution in [-0.4, -0.2) is 41.0 Å². The average molecular weight is 711 g/mol. The van der Waals surface area contributed by atoms with E-state index < -0.39 is 32.5 Å². The van der Waals surface area contributed by atoms with Gasteiger partial charge in [-0.2, -0.15) is 0 Å². The van der Waals surface area contributed by atoms with Gasteiger partial charge >= 0.3 is 19.8 Å². The van der Waals surface area contributed by atoms with Crippen molar-refractivity contribution in [2.24, 2.45) is 0 Å². The SMILES string of the molecule is CC/C=C\C/C=C\C/C=C\CCCCCC(=O)OC(COC(=O)CCCCCCCCC/C=C\CCCCCCCCC)COP(=O)(O)O. The average Bonchev–Trinajstić information content (AvgIpc) is 3.07. The third-order valence-corrected chi connectivity index (χ3v) is 8.57. The van der Waals surface area contributed by atoms with E-state index in [2.05, 4.69) is 67.0 Å². The fourth-order valence-electron chi connectivity index (χ4n) is 5.20. The zero-order valence-corrected chi connectivity index (χ0v) is 32.0. The van der Waals surface area contributed by atoms with E-state index in [1.54, 1.807) is 0 Å². The lowest BCUT2D eigenvalue weighted by Crippen LogP contribution is -2.29. The van der Waals surface area contributed by atoms with Crippen molar-refractivity contribution in [3.8, 4) is 0 Å². The van der Waals surface area contributed by atoms with E-state index >= 15 is 0 Å². The molecule has 0 aliphatic rings. The summed E-state index contributed by atoms with van der Waals surface area (Å²) in [5.41, 5.74) is 0. The molecule has 9 heteroatoms. The maximum absolute atomic E-state index is 12.3. The number of phosphoric acid groups is 1. The fourth-order valence-corrected chi connectivity index (χ4v) is 5.56.